The van der Waals surface area contributed by atoms with Gasteiger partial charge in [-0.05, 0) is 12.8 Å². The third kappa shape index (κ3) is 5.46. The van der Waals surface area contributed by atoms with E-state index in [4.69, 9.17) is 16.2 Å². The quantitative estimate of drug-likeness (QED) is 0.441. The van der Waals surface area contributed by atoms with E-state index in [0.717, 1.165) is 32.1 Å². The Morgan fingerprint density at radius 1 is 1.22 bits per heavy atom. The molecule has 18 heavy (non-hydrogen) atoms. The lowest BCUT2D eigenvalue weighted by molar-refractivity contribution is -0.126. The lowest BCUT2D eigenvalue weighted by Crippen LogP contribution is -2.42. The normalized spacial score (nSPS) is 24.3. The van der Waals surface area contributed by atoms with Crippen LogP contribution in [-0.2, 0) is 14.3 Å². The summed E-state index contributed by atoms with van der Waals surface area (Å²) in [5, 5.41) is 2.79. The van der Waals surface area contributed by atoms with Crippen LogP contribution in [0.1, 0.15) is 32.1 Å². The molecule has 104 valence electrons. The minimum Gasteiger partial charge on any atom is -0.370 e. The van der Waals surface area contributed by atoms with Gasteiger partial charge in [0, 0.05) is 12.6 Å². The van der Waals surface area contributed by atoms with Gasteiger partial charge >= 0.3 is 0 Å². The zero-order valence-corrected chi connectivity index (χ0v) is 10.7. The van der Waals surface area contributed by atoms with Gasteiger partial charge in [-0.25, -0.2) is 0 Å². The number of carbonyl (C=O) groups excluding carboxylic acids is 2. The first kappa shape index (κ1) is 14.9. The Morgan fingerprint density at radius 2 is 1.94 bits per heavy atom. The number of nitrogens with two attached hydrogens (primary N) is 2. The summed E-state index contributed by atoms with van der Waals surface area (Å²) >= 11 is 0. The average molecular weight is 257 g/mol. The summed E-state index contributed by atoms with van der Waals surface area (Å²) in [6.45, 7) is 0.560. The molecule has 2 atom stereocenters. The van der Waals surface area contributed by atoms with Crippen molar-refractivity contribution < 1.29 is 14.3 Å². The van der Waals surface area contributed by atoms with Gasteiger partial charge in [-0.3, -0.25) is 9.59 Å². The second-order valence-corrected chi connectivity index (χ2v) is 4.72. The molecule has 1 aliphatic carbocycles. The van der Waals surface area contributed by atoms with E-state index >= 15 is 0 Å². The maximum atomic E-state index is 11.9. The summed E-state index contributed by atoms with van der Waals surface area (Å²) < 4.78 is 4.96. The smallest absolute Gasteiger partial charge is 0.243 e. The van der Waals surface area contributed by atoms with Crippen LogP contribution in [0, 0.1) is 5.92 Å². The Kier molecular flexibility index (Phi) is 6.67. The molecule has 0 aromatic rings. The molecule has 1 aliphatic rings. The molecule has 1 fully saturated rings. The summed E-state index contributed by atoms with van der Waals surface area (Å²) in [5.74, 6) is -0.608. The molecule has 0 aliphatic heterocycles. The molecule has 0 radical (unpaired) electrons. The predicted molar refractivity (Wildman–Crippen MR) is 67.6 cm³/mol. The summed E-state index contributed by atoms with van der Waals surface area (Å²) in [6.07, 6.45) is 5.08. The fraction of sp³-hybridized carbons (Fsp3) is 0.833. The first-order valence-electron chi connectivity index (χ1n) is 6.50. The van der Waals surface area contributed by atoms with E-state index in [1.165, 1.54) is 0 Å². The first-order chi connectivity index (χ1) is 8.61. The number of rotatable bonds is 6. The lowest BCUT2D eigenvalue weighted by Gasteiger charge is -2.20. The molecule has 0 bridgehead atoms. The van der Waals surface area contributed by atoms with Gasteiger partial charge < -0.3 is 21.5 Å². The molecule has 2 unspecified atom stereocenters. The zero-order chi connectivity index (χ0) is 13.4. The van der Waals surface area contributed by atoms with E-state index in [1.807, 2.05) is 0 Å². The number of carbonyl (C=O) groups is 2. The molecule has 0 aromatic carbocycles. The molecular weight excluding hydrogens is 234 g/mol. The number of amides is 2. The molecule has 1 rings (SSSR count). The van der Waals surface area contributed by atoms with E-state index in [0.29, 0.717) is 6.54 Å². The van der Waals surface area contributed by atoms with Crippen molar-refractivity contribution in [2.75, 3.05) is 19.8 Å². The topological polar surface area (TPSA) is 107 Å². The predicted octanol–water partition coefficient (Wildman–Crippen LogP) is -0.488. The van der Waals surface area contributed by atoms with E-state index in [2.05, 4.69) is 5.32 Å². The van der Waals surface area contributed by atoms with Crippen LogP contribution in [-0.4, -0.2) is 37.6 Å². The Labute approximate surface area is 107 Å². The number of hydrogen-bond acceptors (Lipinski definition) is 4. The van der Waals surface area contributed by atoms with Crippen molar-refractivity contribution in [2.45, 2.75) is 38.1 Å². The van der Waals surface area contributed by atoms with Crippen LogP contribution in [0.4, 0.5) is 0 Å². The molecule has 0 spiro atoms. The largest absolute Gasteiger partial charge is 0.370 e. The first-order valence-corrected chi connectivity index (χ1v) is 6.50. The Hall–Kier alpha value is -1.14. The molecule has 0 saturated heterocycles. The maximum absolute atomic E-state index is 11.9. The standard InChI is InChI=1S/C12H23N3O3/c13-10-5-3-1-2-4-9(10)12(17)15-6-7-18-8-11(14)16/h9-10H,1-8,13H2,(H2,14,16)(H,15,17). The van der Waals surface area contributed by atoms with Crippen LogP contribution in [0.2, 0.25) is 0 Å². The van der Waals surface area contributed by atoms with Crippen molar-refractivity contribution in [1.82, 2.24) is 5.32 Å². The van der Waals surface area contributed by atoms with Gasteiger partial charge in [-0.2, -0.15) is 0 Å². The third-order valence-electron chi connectivity index (χ3n) is 3.20. The molecule has 0 heterocycles. The molecule has 1 saturated carbocycles. The van der Waals surface area contributed by atoms with Crippen LogP contribution in [0.15, 0.2) is 0 Å². The van der Waals surface area contributed by atoms with Crippen molar-refractivity contribution >= 4 is 11.8 Å². The Bertz CT molecular complexity index is 284. The highest BCUT2D eigenvalue weighted by Gasteiger charge is 2.26. The molecule has 6 nitrogen and oxygen atoms in total. The van der Waals surface area contributed by atoms with Crippen molar-refractivity contribution in [3.05, 3.63) is 0 Å². The monoisotopic (exact) mass is 257 g/mol. The van der Waals surface area contributed by atoms with E-state index in [-0.39, 0.29) is 31.1 Å². The number of hydrogen-bond donors (Lipinski definition) is 3. The average Bonchev–Trinajstić information content (AvgIpc) is 2.53. The lowest BCUT2D eigenvalue weighted by atomic mass is 9.95. The van der Waals surface area contributed by atoms with E-state index < -0.39 is 5.91 Å². The van der Waals surface area contributed by atoms with Crippen molar-refractivity contribution in [2.24, 2.45) is 17.4 Å². The van der Waals surface area contributed by atoms with Crippen LogP contribution < -0.4 is 16.8 Å². The summed E-state index contributed by atoms with van der Waals surface area (Å²) in [5.41, 5.74) is 10.9. The molecule has 2 amide bonds. The van der Waals surface area contributed by atoms with E-state index in [9.17, 15) is 9.59 Å². The highest BCUT2D eigenvalue weighted by atomic mass is 16.5. The number of ether oxygens (including phenoxy) is 1. The van der Waals surface area contributed by atoms with E-state index in [1.54, 1.807) is 0 Å². The summed E-state index contributed by atoms with van der Waals surface area (Å²) in [4.78, 5) is 22.3. The number of nitrogens with one attached hydrogen (secondary N) is 1. The second kappa shape index (κ2) is 8.05. The minimum atomic E-state index is -0.507. The fourth-order valence-corrected chi connectivity index (χ4v) is 2.21. The summed E-state index contributed by atoms with van der Waals surface area (Å²) in [6, 6.07) is -0.0426. The highest BCUT2D eigenvalue weighted by molar-refractivity contribution is 5.79. The maximum Gasteiger partial charge on any atom is 0.243 e. The minimum absolute atomic E-state index is 0.00734. The zero-order valence-electron chi connectivity index (χ0n) is 10.7. The van der Waals surface area contributed by atoms with Crippen molar-refractivity contribution in [3.63, 3.8) is 0 Å². The van der Waals surface area contributed by atoms with Crippen LogP contribution in [0.5, 0.6) is 0 Å². The molecule has 0 aromatic heterocycles. The van der Waals surface area contributed by atoms with Gasteiger partial charge in [0.2, 0.25) is 11.8 Å². The van der Waals surface area contributed by atoms with Crippen LogP contribution in [0.3, 0.4) is 0 Å². The van der Waals surface area contributed by atoms with Gasteiger partial charge in [0.15, 0.2) is 0 Å². The number of primary amides is 1. The van der Waals surface area contributed by atoms with Gasteiger partial charge in [0.05, 0.1) is 12.5 Å². The van der Waals surface area contributed by atoms with Crippen molar-refractivity contribution in [1.29, 1.82) is 0 Å². The second-order valence-electron chi connectivity index (χ2n) is 4.72. The van der Waals surface area contributed by atoms with Gasteiger partial charge in [-0.1, -0.05) is 19.3 Å². The van der Waals surface area contributed by atoms with Crippen LogP contribution >= 0.6 is 0 Å². The van der Waals surface area contributed by atoms with Crippen LogP contribution in [0.25, 0.3) is 0 Å². The fourth-order valence-electron chi connectivity index (χ4n) is 2.21. The Balaban J connectivity index is 2.20. The highest BCUT2D eigenvalue weighted by Crippen LogP contribution is 2.22. The van der Waals surface area contributed by atoms with Crippen molar-refractivity contribution in [3.8, 4) is 0 Å². The van der Waals surface area contributed by atoms with Gasteiger partial charge in [0.1, 0.15) is 6.61 Å². The molecule has 6 heteroatoms. The molecule has 5 N–H and O–H groups in total. The van der Waals surface area contributed by atoms with Gasteiger partial charge in [0.25, 0.3) is 0 Å². The SMILES string of the molecule is NC(=O)COCCNC(=O)C1CCCCCC1N. The third-order valence-corrected chi connectivity index (χ3v) is 3.20. The molecular formula is C12H23N3O3. The summed E-state index contributed by atoms with van der Waals surface area (Å²) in [7, 11) is 0. The Morgan fingerprint density at radius 3 is 2.67 bits per heavy atom. The van der Waals surface area contributed by atoms with Gasteiger partial charge in [-0.15, -0.1) is 0 Å².